The lowest BCUT2D eigenvalue weighted by atomic mass is 10.0. The van der Waals surface area contributed by atoms with E-state index in [1.807, 2.05) is 42.5 Å². The highest BCUT2D eigenvalue weighted by Crippen LogP contribution is 2.32. The van der Waals surface area contributed by atoms with Crippen molar-refractivity contribution >= 4 is 28.5 Å². The molecule has 2 aromatic carbocycles. The quantitative estimate of drug-likeness (QED) is 0.648. The second kappa shape index (κ2) is 9.22. The van der Waals surface area contributed by atoms with Gasteiger partial charge in [-0.1, -0.05) is 44.2 Å². The molecule has 1 saturated heterocycles. The van der Waals surface area contributed by atoms with Gasteiger partial charge in [0.15, 0.2) is 6.61 Å². The van der Waals surface area contributed by atoms with Crippen LogP contribution in [0.25, 0.3) is 11.0 Å². The van der Waals surface area contributed by atoms with Gasteiger partial charge in [-0.3, -0.25) is 9.59 Å². The Labute approximate surface area is 180 Å². The topological polar surface area (TPSA) is 81.0 Å². The summed E-state index contributed by atoms with van der Waals surface area (Å²) in [7, 11) is 0. The number of fused-ring (bicyclic) bond motifs is 1. The number of furan rings is 1. The molecule has 0 unspecified atom stereocenters. The number of anilines is 1. The van der Waals surface area contributed by atoms with E-state index in [9.17, 15) is 9.59 Å². The number of hydrogen-bond donors (Lipinski definition) is 1. The Morgan fingerprint density at radius 2 is 1.77 bits per heavy atom. The van der Waals surface area contributed by atoms with Gasteiger partial charge in [-0.05, 0) is 29.7 Å². The van der Waals surface area contributed by atoms with Gasteiger partial charge in [-0.2, -0.15) is 0 Å². The fourth-order valence-corrected chi connectivity index (χ4v) is 3.64. The number of carbonyl (C=O) groups is 2. The van der Waals surface area contributed by atoms with E-state index in [-0.39, 0.29) is 30.1 Å². The van der Waals surface area contributed by atoms with Crippen LogP contribution in [-0.2, 0) is 9.53 Å². The van der Waals surface area contributed by atoms with Crippen LogP contribution in [0, 0.1) is 0 Å². The maximum atomic E-state index is 13.1. The molecular formula is C24H26N2O5. The van der Waals surface area contributed by atoms with E-state index in [0.717, 1.165) is 5.56 Å². The van der Waals surface area contributed by atoms with Crippen LogP contribution in [0.4, 0.5) is 5.69 Å². The zero-order chi connectivity index (χ0) is 21.8. The number of nitrogens with one attached hydrogen (secondary N) is 1. The van der Waals surface area contributed by atoms with E-state index >= 15 is 0 Å². The first-order valence-corrected chi connectivity index (χ1v) is 10.4. The van der Waals surface area contributed by atoms with E-state index in [4.69, 9.17) is 13.9 Å². The molecular weight excluding hydrogens is 396 g/mol. The van der Waals surface area contributed by atoms with Gasteiger partial charge in [0.2, 0.25) is 5.76 Å². The van der Waals surface area contributed by atoms with Gasteiger partial charge in [0, 0.05) is 18.5 Å². The lowest BCUT2D eigenvalue weighted by molar-refractivity contribution is -0.118. The van der Waals surface area contributed by atoms with Gasteiger partial charge < -0.3 is 24.1 Å². The summed E-state index contributed by atoms with van der Waals surface area (Å²) in [5, 5.41) is 3.51. The first-order chi connectivity index (χ1) is 15.0. The van der Waals surface area contributed by atoms with E-state index in [0.29, 0.717) is 48.7 Å². The van der Waals surface area contributed by atoms with E-state index < -0.39 is 0 Å². The number of rotatable bonds is 6. The summed E-state index contributed by atoms with van der Waals surface area (Å²) in [4.78, 5) is 27.5. The molecule has 1 aliphatic rings. The van der Waals surface area contributed by atoms with E-state index in [1.165, 1.54) is 0 Å². The second-order valence-corrected chi connectivity index (χ2v) is 7.74. The molecule has 1 fully saturated rings. The molecule has 2 amide bonds. The number of ether oxygens (including phenoxy) is 2. The van der Waals surface area contributed by atoms with Crippen LogP contribution in [0.5, 0.6) is 5.75 Å². The predicted octanol–water partition coefficient (Wildman–Crippen LogP) is 4.05. The molecule has 0 bridgehead atoms. The Morgan fingerprint density at radius 3 is 2.55 bits per heavy atom. The highest BCUT2D eigenvalue weighted by molar-refractivity contribution is 6.11. The Kier molecular flexibility index (Phi) is 6.23. The van der Waals surface area contributed by atoms with Crippen molar-refractivity contribution in [3.63, 3.8) is 0 Å². The van der Waals surface area contributed by atoms with Crippen LogP contribution >= 0.6 is 0 Å². The second-order valence-electron chi connectivity index (χ2n) is 7.74. The fraction of sp³-hybridized carbons (Fsp3) is 0.333. The molecule has 0 saturated carbocycles. The zero-order valence-electron chi connectivity index (χ0n) is 17.7. The van der Waals surface area contributed by atoms with Crippen molar-refractivity contribution in [2.45, 2.75) is 19.8 Å². The van der Waals surface area contributed by atoms with Crippen LogP contribution in [0.1, 0.15) is 35.9 Å². The van der Waals surface area contributed by atoms with Crippen LogP contribution in [0.3, 0.4) is 0 Å². The van der Waals surface area contributed by atoms with Crippen LogP contribution in [0.15, 0.2) is 52.9 Å². The van der Waals surface area contributed by atoms with Gasteiger partial charge in [-0.15, -0.1) is 0 Å². The lowest BCUT2D eigenvalue weighted by Crippen LogP contribution is -2.40. The van der Waals surface area contributed by atoms with Gasteiger partial charge in [0.1, 0.15) is 17.0 Å². The minimum Gasteiger partial charge on any atom is -0.483 e. The molecule has 4 rings (SSSR count). The highest BCUT2D eigenvalue weighted by atomic mass is 16.5. The van der Waals surface area contributed by atoms with Crippen LogP contribution in [-0.4, -0.2) is 49.6 Å². The van der Waals surface area contributed by atoms with Gasteiger partial charge in [0.25, 0.3) is 11.8 Å². The first-order valence-electron chi connectivity index (χ1n) is 10.4. The molecule has 7 nitrogen and oxygen atoms in total. The average Bonchev–Trinajstić information content (AvgIpc) is 3.16. The summed E-state index contributed by atoms with van der Waals surface area (Å²) in [6, 6.07) is 14.9. The molecule has 2 heterocycles. The van der Waals surface area contributed by atoms with Crippen molar-refractivity contribution in [2.24, 2.45) is 0 Å². The Balaban J connectivity index is 1.55. The maximum Gasteiger partial charge on any atom is 0.291 e. The molecule has 1 aliphatic heterocycles. The number of para-hydroxylation sites is 2. The first kappa shape index (κ1) is 20.9. The van der Waals surface area contributed by atoms with Crippen molar-refractivity contribution in [3.05, 3.63) is 59.9 Å². The Hall–Kier alpha value is -3.32. The zero-order valence-corrected chi connectivity index (χ0v) is 17.7. The molecule has 0 spiro atoms. The number of morpholine rings is 1. The summed E-state index contributed by atoms with van der Waals surface area (Å²) < 4.78 is 17.0. The molecule has 31 heavy (non-hydrogen) atoms. The highest BCUT2D eigenvalue weighted by Gasteiger charge is 2.27. The number of amides is 2. The molecule has 1 N–H and O–H groups in total. The SMILES string of the molecule is CC(C)c1ccccc1OCC(=O)Nc1c(C(=O)N2CCOCC2)oc2ccccc12. The predicted molar refractivity (Wildman–Crippen MR) is 118 cm³/mol. The van der Waals surface area contributed by atoms with Crippen molar-refractivity contribution in [3.8, 4) is 5.75 Å². The molecule has 3 aromatic rings. The molecule has 0 atom stereocenters. The van der Waals surface area contributed by atoms with Crippen molar-refractivity contribution in [2.75, 3.05) is 38.2 Å². The third kappa shape index (κ3) is 4.56. The number of benzene rings is 2. The maximum absolute atomic E-state index is 13.1. The third-order valence-electron chi connectivity index (χ3n) is 5.25. The monoisotopic (exact) mass is 422 g/mol. The Morgan fingerprint density at radius 1 is 1.06 bits per heavy atom. The smallest absolute Gasteiger partial charge is 0.291 e. The van der Waals surface area contributed by atoms with Crippen molar-refractivity contribution < 1.29 is 23.5 Å². The van der Waals surface area contributed by atoms with E-state index in [1.54, 1.807) is 11.0 Å². The molecule has 7 heteroatoms. The molecule has 0 radical (unpaired) electrons. The van der Waals surface area contributed by atoms with E-state index in [2.05, 4.69) is 19.2 Å². The third-order valence-corrected chi connectivity index (χ3v) is 5.25. The minimum absolute atomic E-state index is 0.124. The normalized spacial score (nSPS) is 14.1. The van der Waals surface area contributed by atoms with Crippen molar-refractivity contribution in [1.29, 1.82) is 0 Å². The fourth-order valence-electron chi connectivity index (χ4n) is 3.64. The summed E-state index contributed by atoms with van der Waals surface area (Å²) >= 11 is 0. The summed E-state index contributed by atoms with van der Waals surface area (Å²) in [6.07, 6.45) is 0. The number of carbonyl (C=O) groups excluding carboxylic acids is 2. The standard InChI is InChI=1S/C24H26N2O5/c1-16(2)17-7-3-5-9-19(17)30-15-21(27)25-22-18-8-4-6-10-20(18)31-23(22)24(28)26-11-13-29-14-12-26/h3-10,16H,11-15H2,1-2H3,(H,25,27). The number of hydrogen-bond acceptors (Lipinski definition) is 5. The molecule has 1 aromatic heterocycles. The van der Waals surface area contributed by atoms with Gasteiger partial charge in [0.05, 0.1) is 13.2 Å². The largest absolute Gasteiger partial charge is 0.483 e. The average molecular weight is 422 g/mol. The summed E-state index contributed by atoms with van der Waals surface area (Å²) in [5.41, 5.74) is 1.95. The van der Waals surface area contributed by atoms with Gasteiger partial charge >= 0.3 is 0 Å². The van der Waals surface area contributed by atoms with Crippen molar-refractivity contribution in [1.82, 2.24) is 4.90 Å². The lowest BCUT2D eigenvalue weighted by Gasteiger charge is -2.26. The Bertz CT molecular complexity index is 1080. The minimum atomic E-state index is -0.360. The summed E-state index contributed by atoms with van der Waals surface area (Å²) in [6.45, 7) is 5.91. The number of nitrogens with zero attached hydrogens (tertiary/aromatic N) is 1. The van der Waals surface area contributed by atoms with Gasteiger partial charge in [-0.25, -0.2) is 0 Å². The molecule has 162 valence electrons. The van der Waals surface area contributed by atoms with Crippen LogP contribution < -0.4 is 10.1 Å². The summed E-state index contributed by atoms with van der Waals surface area (Å²) in [5.74, 6) is 0.449. The van der Waals surface area contributed by atoms with Crippen LogP contribution in [0.2, 0.25) is 0 Å². The molecule has 0 aliphatic carbocycles.